The lowest BCUT2D eigenvalue weighted by atomic mass is 10.1. The lowest BCUT2D eigenvalue weighted by Gasteiger charge is -2.18. The zero-order valence-corrected chi connectivity index (χ0v) is 12.9. The van der Waals surface area contributed by atoms with E-state index in [9.17, 15) is 9.18 Å². The Hall–Kier alpha value is -3.01. The lowest BCUT2D eigenvalue weighted by molar-refractivity contribution is -0.146. The van der Waals surface area contributed by atoms with Gasteiger partial charge in [0, 0.05) is 6.20 Å². The van der Waals surface area contributed by atoms with Gasteiger partial charge in [0.25, 0.3) is 0 Å². The zero-order chi connectivity index (χ0) is 16.8. The van der Waals surface area contributed by atoms with Crippen molar-refractivity contribution >= 4 is 5.97 Å². The third-order valence-electron chi connectivity index (χ3n) is 3.57. The summed E-state index contributed by atoms with van der Waals surface area (Å²) in [7, 11) is 0. The van der Waals surface area contributed by atoms with Gasteiger partial charge in [0.2, 0.25) is 0 Å². The van der Waals surface area contributed by atoms with E-state index < -0.39 is 6.10 Å². The summed E-state index contributed by atoms with van der Waals surface area (Å²) in [6.45, 7) is 0. The number of ether oxygens (including phenoxy) is 1. The number of carbonyl (C=O) groups excluding carboxylic acids is 1. The zero-order valence-electron chi connectivity index (χ0n) is 12.9. The molecule has 3 nitrogen and oxygen atoms in total. The van der Waals surface area contributed by atoms with Crippen molar-refractivity contribution in [3.63, 3.8) is 0 Å². The fourth-order valence-corrected chi connectivity index (χ4v) is 2.40. The van der Waals surface area contributed by atoms with E-state index in [2.05, 4.69) is 4.98 Å². The molecule has 0 saturated heterocycles. The molecule has 3 rings (SSSR count). The Labute approximate surface area is 139 Å². The van der Waals surface area contributed by atoms with Crippen LogP contribution in [0.1, 0.15) is 22.9 Å². The first-order chi connectivity index (χ1) is 11.7. The number of hydrogen-bond donors (Lipinski definition) is 0. The van der Waals surface area contributed by atoms with Crippen LogP contribution in [-0.4, -0.2) is 11.0 Å². The highest BCUT2D eigenvalue weighted by Gasteiger charge is 2.20. The van der Waals surface area contributed by atoms with E-state index in [1.54, 1.807) is 18.3 Å². The third kappa shape index (κ3) is 4.04. The standard InChI is InChI=1S/C20H16FNO2/c21-17-11-9-15(10-12-17)14-19(23)24-20(16-6-2-1-3-7-16)18-8-4-5-13-22-18/h1-13,20H,14H2. The Morgan fingerprint density at radius 2 is 1.67 bits per heavy atom. The van der Waals surface area contributed by atoms with Crippen LogP contribution < -0.4 is 0 Å². The van der Waals surface area contributed by atoms with Gasteiger partial charge in [-0.3, -0.25) is 9.78 Å². The fraction of sp³-hybridized carbons (Fsp3) is 0.100. The first kappa shape index (κ1) is 15.9. The van der Waals surface area contributed by atoms with Gasteiger partial charge in [-0.1, -0.05) is 48.5 Å². The van der Waals surface area contributed by atoms with Crippen molar-refractivity contribution in [3.05, 3.63) is 102 Å². The summed E-state index contributed by atoms with van der Waals surface area (Å²) in [5.41, 5.74) is 2.22. The minimum atomic E-state index is -0.569. The molecule has 1 unspecified atom stereocenters. The molecule has 0 spiro atoms. The highest BCUT2D eigenvalue weighted by molar-refractivity contribution is 5.73. The minimum absolute atomic E-state index is 0.0798. The number of pyridine rings is 1. The molecule has 0 radical (unpaired) electrons. The topological polar surface area (TPSA) is 39.2 Å². The number of rotatable bonds is 5. The van der Waals surface area contributed by atoms with Gasteiger partial charge < -0.3 is 4.74 Å². The number of esters is 1. The van der Waals surface area contributed by atoms with Gasteiger partial charge in [0.05, 0.1) is 12.1 Å². The molecule has 1 aromatic heterocycles. The van der Waals surface area contributed by atoms with Crippen molar-refractivity contribution in [2.45, 2.75) is 12.5 Å². The van der Waals surface area contributed by atoms with Crippen molar-refractivity contribution in [1.29, 1.82) is 0 Å². The van der Waals surface area contributed by atoms with Crippen molar-refractivity contribution in [1.82, 2.24) is 4.98 Å². The van der Waals surface area contributed by atoms with E-state index in [1.165, 1.54) is 12.1 Å². The largest absolute Gasteiger partial charge is 0.451 e. The molecule has 0 saturated carbocycles. The van der Waals surface area contributed by atoms with Crippen molar-refractivity contribution in [2.24, 2.45) is 0 Å². The molecule has 0 N–H and O–H groups in total. The van der Waals surface area contributed by atoms with Gasteiger partial charge >= 0.3 is 5.97 Å². The molecule has 0 aliphatic carbocycles. The summed E-state index contributed by atoms with van der Waals surface area (Å²) in [6.07, 6.45) is 1.18. The molecular formula is C20H16FNO2. The second-order valence-electron chi connectivity index (χ2n) is 5.34. The maximum atomic E-state index is 13.0. The highest BCUT2D eigenvalue weighted by Crippen LogP contribution is 2.24. The SMILES string of the molecule is O=C(Cc1ccc(F)cc1)OC(c1ccccc1)c1ccccn1. The van der Waals surface area contributed by atoms with Gasteiger partial charge in [-0.2, -0.15) is 0 Å². The predicted octanol–water partition coefficient (Wildman–Crippen LogP) is 4.10. The number of benzene rings is 2. The summed E-state index contributed by atoms with van der Waals surface area (Å²) < 4.78 is 18.6. The van der Waals surface area contributed by atoms with E-state index in [-0.39, 0.29) is 18.2 Å². The lowest BCUT2D eigenvalue weighted by Crippen LogP contribution is -2.15. The van der Waals surface area contributed by atoms with E-state index in [4.69, 9.17) is 4.74 Å². The van der Waals surface area contributed by atoms with Gasteiger partial charge in [0.15, 0.2) is 6.10 Å². The molecule has 0 fully saturated rings. The summed E-state index contributed by atoms with van der Waals surface area (Å²) in [5.74, 6) is -0.719. The third-order valence-corrected chi connectivity index (χ3v) is 3.57. The molecule has 0 amide bonds. The molecule has 0 aliphatic heterocycles. The van der Waals surface area contributed by atoms with Gasteiger partial charge in [-0.15, -0.1) is 0 Å². The van der Waals surface area contributed by atoms with Crippen LogP contribution in [-0.2, 0) is 16.0 Å². The quantitative estimate of drug-likeness (QED) is 0.664. The van der Waals surface area contributed by atoms with Crippen LogP contribution in [0.25, 0.3) is 0 Å². The highest BCUT2D eigenvalue weighted by atomic mass is 19.1. The number of nitrogens with zero attached hydrogens (tertiary/aromatic N) is 1. The average molecular weight is 321 g/mol. The normalized spacial score (nSPS) is 11.7. The fourth-order valence-electron chi connectivity index (χ4n) is 2.40. The maximum absolute atomic E-state index is 13.0. The smallest absolute Gasteiger partial charge is 0.311 e. The molecule has 3 aromatic rings. The first-order valence-corrected chi connectivity index (χ1v) is 7.62. The Morgan fingerprint density at radius 1 is 0.958 bits per heavy atom. The average Bonchev–Trinajstić information content (AvgIpc) is 2.63. The molecule has 4 heteroatoms. The molecule has 24 heavy (non-hydrogen) atoms. The van der Waals surface area contributed by atoms with Gasteiger partial charge in [-0.05, 0) is 35.4 Å². The van der Waals surface area contributed by atoms with Crippen molar-refractivity contribution < 1.29 is 13.9 Å². The number of carbonyl (C=O) groups is 1. The second-order valence-corrected chi connectivity index (χ2v) is 5.34. The molecule has 1 heterocycles. The number of aromatic nitrogens is 1. The molecule has 2 aromatic carbocycles. The summed E-state index contributed by atoms with van der Waals surface area (Å²) in [5, 5.41) is 0. The second kappa shape index (κ2) is 7.51. The van der Waals surface area contributed by atoms with Crippen LogP contribution in [0.3, 0.4) is 0 Å². The maximum Gasteiger partial charge on any atom is 0.311 e. The Kier molecular flexibility index (Phi) is 4.96. The van der Waals surface area contributed by atoms with Crippen LogP contribution in [0.15, 0.2) is 79.0 Å². The van der Waals surface area contributed by atoms with E-state index in [0.29, 0.717) is 11.3 Å². The number of hydrogen-bond acceptors (Lipinski definition) is 3. The van der Waals surface area contributed by atoms with Gasteiger partial charge in [-0.25, -0.2) is 4.39 Å². The van der Waals surface area contributed by atoms with Crippen LogP contribution in [0.4, 0.5) is 4.39 Å². The predicted molar refractivity (Wildman–Crippen MR) is 88.7 cm³/mol. The minimum Gasteiger partial charge on any atom is -0.451 e. The first-order valence-electron chi connectivity index (χ1n) is 7.62. The monoisotopic (exact) mass is 321 g/mol. The van der Waals surface area contributed by atoms with Gasteiger partial charge in [0.1, 0.15) is 5.82 Å². The Balaban J connectivity index is 1.79. The molecule has 120 valence electrons. The van der Waals surface area contributed by atoms with Crippen LogP contribution >= 0.6 is 0 Å². The van der Waals surface area contributed by atoms with Crippen molar-refractivity contribution in [3.8, 4) is 0 Å². The van der Waals surface area contributed by atoms with Crippen LogP contribution in [0.5, 0.6) is 0 Å². The van der Waals surface area contributed by atoms with E-state index in [1.807, 2.05) is 48.5 Å². The molecule has 0 aliphatic rings. The van der Waals surface area contributed by atoms with E-state index >= 15 is 0 Å². The summed E-state index contributed by atoms with van der Waals surface area (Å²) >= 11 is 0. The Bertz CT molecular complexity index is 749. The molecule has 0 bridgehead atoms. The van der Waals surface area contributed by atoms with Crippen LogP contribution in [0.2, 0.25) is 0 Å². The molecule has 1 atom stereocenters. The molecular weight excluding hydrogens is 305 g/mol. The summed E-state index contributed by atoms with van der Waals surface area (Å²) in [4.78, 5) is 16.6. The summed E-state index contributed by atoms with van der Waals surface area (Å²) in [6, 6.07) is 20.8. The van der Waals surface area contributed by atoms with Crippen LogP contribution in [0, 0.1) is 5.82 Å². The van der Waals surface area contributed by atoms with E-state index in [0.717, 1.165) is 5.56 Å². The Morgan fingerprint density at radius 3 is 2.33 bits per heavy atom. The number of halogens is 1. The van der Waals surface area contributed by atoms with Crippen molar-refractivity contribution in [2.75, 3.05) is 0 Å².